The van der Waals surface area contributed by atoms with Gasteiger partial charge in [-0.1, -0.05) is 0 Å². The summed E-state index contributed by atoms with van der Waals surface area (Å²) in [7, 11) is 0. The van der Waals surface area contributed by atoms with Crippen LogP contribution in [0.15, 0.2) is 12.3 Å². The molecule has 1 saturated carbocycles. The van der Waals surface area contributed by atoms with Crippen LogP contribution in [0.5, 0.6) is 5.75 Å². The standard InChI is InChI=1S/C19H26F2N4O3/c1-11(18(2,3)17(22)27)24-16(26)13-6-15(28-8-12-4-5-12)14(7-23-13)25-9-19(20,21)10-25/h6-7,11-12H,4-5,8-10H2,1-3H3,(H2,22,27)(H,24,26)/t11-/m0/s1. The molecule has 1 saturated heterocycles. The lowest BCUT2D eigenvalue weighted by atomic mass is 9.84. The quantitative estimate of drug-likeness (QED) is 0.700. The first-order valence-corrected chi connectivity index (χ1v) is 9.36. The minimum atomic E-state index is -2.72. The summed E-state index contributed by atoms with van der Waals surface area (Å²) in [6.07, 6.45) is 3.54. The first kappa shape index (κ1) is 20.3. The van der Waals surface area contributed by atoms with Gasteiger partial charge in [0.15, 0.2) is 0 Å². The average molecular weight is 396 g/mol. The van der Waals surface area contributed by atoms with Crippen LogP contribution >= 0.6 is 0 Å². The van der Waals surface area contributed by atoms with E-state index in [1.54, 1.807) is 20.8 Å². The number of nitrogens with two attached hydrogens (primary N) is 1. The van der Waals surface area contributed by atoms with E-state index in [1.807, 2.05) is 0 Å². The number of carbonyl (C=O) groups is 2. The molecule has 2 amide bonds. The highest BCUT2D eigenvalue weighted by atomic mass is 19.3. The topological polar surface area (TPSA) is 97.6 Å². The van der Waals surface area contributed by atoms with Gasteiger partial charge in [-0.25, -0.2) is 13.8 Å². The molecular formula is C19H26F2N4O3. The van der Waals surface area contributed by atoms with Crippen molar-refractivity contribution < 1.29 is 23.1 Å². The SMILES string of the molecule is C[C@H](NC(=O)c1cc(OCC2CC2)c(N2CC(F)(F)C2)cn1)C(C)(C)C(N)=O. The molecule has 0 aromatic carbocycles. The molecule has 2 aliphatic rings. The van der Waals surface area contributed by atoms with Gasteiger partial charge in [-0.3, -0.25) is 9.59 Å². The smallest absolute Gasteiger partial charge is 0.282 e. The van der Waals surface area contributed by atoms with Crippen molar-refractivity contribution >= 4 is 17.5 Å². The lowest BCUT2D eigenvalue weighted by Gasteiger charge is -2.40. The van der Waals surface area contributed by atoms with Gasteiger partial charge in [0.1, 0.15) is 11.4 Å². The Morgan fingerprint density at radius 2 is 2.07 bits per heavy atom. The van der Waals surface area contributed by atoms with Crippen molar-refractivity contribution in [2.45, 2.75) is 45.6 Å². The van der Waals surface area contributed by atoms with Crippen molar-refractivity contribution in [3.8, 4) is 5.75 Å². The molecule has 0 bridgehead atoms. The molecule has 1 aliphatic carbocycles. The molecular weight excluding hydrogens is 370 g/mol. The molecule has 7 nitrogen and oxygen atoms in total. The van der Waals surface area contributed by atoms with Gasteiger partial charge in [0, 0.05) is 12.1 Å². The van der Waals surface area contributed by atoms with Gasteiger partial charge < -0.3 is 20.7 Å². The van der Waals surface area contributed by atoms with Crippen LogP contribution in [0.4, 0.5) is 14.5 Å². The van der Waals surface area contributed by atoms with Gasteiger partial charge >= 0.3 is 0 Å². The number of primary amides is 1. The van der Waals surface area contributed by atoms with Gasteiger partial charge in [-0.2, -0.15) is 0 Å². The number of carbonyl (C=O) groups excluding carboxylic acids is 2. The molecule has 2 fully saturated rings. The maximum atomic E-state index is 13.3. The largest absolute Gasteiger partial charge is 0.491 e. The number of amides is 2. The summed E-state index contributed by atoms with van der Waals surface area (Å²) < 4.78 is 32.3. The zero-order valence-electron chi connectivity index (χ0n) is 16.3. The van der Waals surface area contributed by atoms with Crippen LogP contribution in [-0.2, 0) is 4.79 Å². The number of hydrogen-bond acceptors (Lipinski definition) is 5. The van der Waals surface area contributed by atoms with E-state index in [0.29, 0.717) is 24.0 Å². The fraction of sp³-hybridized carbons (Fsp3) is 0.632. The number of pyridine rings is 1. The molecule has 154 valence electrons. The van der Waals surface area contributed by atoms with Crippen LogP contribution in [0.3, 0.4) is 0 Å². The van der Waals surface area contributed by atoms with Crippen LogP contribution in [0.2, 0.25) is 0 Å². The summed E-state index contributed by atoms with van der Waals surface area (Å²) in [5.41, 5.74) is 4.99. The number of aromatic nitrogens is 1. The van der Waals surface area contributed by atoms with Crippen LogP contribution < -0.4 is 20.7 Å². The zero-order chi connectivity index (χ0) is 20.7. The third-order valence-corrected chi connectivity index (χ3v) is 5.50. The Bertz CT molecular complexity index is 772. The predicted octanol–water partition coefficient (Wildman–Crippen LogP) is 1.96. The molecule has 3 rings (SSSR count). The highest BCUT2D eigenvalue weighted by Crippen LogP contribution is 2.38. The monoisotopic (exact) mass is 396 g/mol. The van der Waals surface area contributed by atoms with E-state index in [1.165, 1.54) is 17.2 Å². The molecule has 1 aliphatic heterocycles. The molecule has 3 N–H and O–H groups in total. The Morgan fingerprint density at radius 3 is 2.61 bits per heavy atom. The minimum Gasteiger partial charge on any atom is -0.491 e. The van der Waals surface area contributed by atoms with E-state index in [-0.39, 0.29) is 5.69 Å². The van der Waals surface area contributed by atoms with E-state index in [2.05, 4.69) is 10.3 Å². The second kappa shape index (κ2) is 7.18. The third-order valence-electron chi connectivity index (χ3n) is 5.50. The van der Waals surface area contributed by atoms with E-state index >= 15 is 0 Å². The maximum absolute atomic E-state index is 13.3. The average Bonchev–Trinajstić information content (AvgIpc) is 3.41. The van der Waals surface area contributed by atoms with E-state index in [0.717, 1.165) is 12.8 Å². The maximum Gasteiger partial charge on any atom is 0.282 e. The molecule has 28 heavy (non-hydrogen) atoms. The molecule has 0 unspecified atom stereocenters. The number of hydrogen-bond donors (Lipinski definition) is 2. The summed E-state index contributed by atoms with van der Waals surface area (Å²) in [4.78, 5) is 29.7. The van der Waals surface area contributed by atoms with Crippen LogP contribution in [0.1, 0.15) is 44.1 Å². The summed E-state index contributed by atoms with van der Waals surface area (Å²) >= 11 is 0. The van der Waals surface area contributed by atoms with E-state index in [9.17, 15) is 18.4 Å². The number of nitrogens with one attached hydrogen (secondary N) is 1. The van der Waals surface area contributed by atoms with E-state index < -0.39 is 42.3 Å². The Hall–Kier alpha value is -2.45. The van der Waals surface area contributed by atoms with Crippen LogP contribution in [-0.4, -0.2) is 48.5 Å². The van der Waals surface area contributed by atoms with Gasteiger partial charge in [-0.05, 0) is 39.5 Å². The summed E-state index contributed by atoms with van der Waals surface area (Å²) in [6.45, 7) is 4.65. The van der Waals surface area contributed by atoms with Crippen LogP contribution in [0, 0.1) is 11.3 Å². The number of nitrogens with zero attached hydrogens (tertiary/aromatic N) is 2. The summed E-state index contributed by atoms with van der Waals surface area (Å²) in [6, 6.07) is 0.942. The van der Waals surface area contributed by atoms with Crippen molar-refractivity contribution in [2.75, 3.05) is 24.6 Å². The molecule has 1 atom stereocenters. The zero-order valence-corrected chi connectivity index (χ0v) is 16.3. The lowest BCUT2D eigenvalue weighted by molar-refractivity contribution is -0.127. The number of anilines is 1. The van der Waals surface area contributed by atoms with Gasteiger partial charge in [0.05, 0.1) is 37.0 Å². The van der Waals surface area contributed by atoms with E-state index in [4.69, 9.17) is 10.5 Å². The summed E-state index contributed by atoms with van der Waals surface area (Å²) in [5.74, 6) is -2.91. The van der Waals surface area contributed by atoms with Gasteiger partial charge in [0.2, 0.25) is 5.91 Å². The highest BCUT2D eigenvalue weighted by molar-refractivity contribution is 5.94. The second-order valence-electron chi connectivity index (χ2n) is 8.28. The van der Waals surface area contributed by atoms with Gasteiger partial charge in [-0.15, -0.1) is 0 Å². The fourth-order valence-electron chi connectivity index (χ4n) is 2.75. The molecule has 2 heterocycles. The second-order valence-corrected chi connectivity index (χ2v) is 8.28. The third kappa shape index (κ3) is 4.34. The Morgan fingerprint density at radius 1 is 1.43 bits per heavy atom. The Balaban J connectivity index is 1.76. The summed E-state index contributed by atoms with van der Waals surface area (Å²) in [5, 5.41) is 2.72. The molecule has 1 aromatic rings. The van der Waals surface area contributed by atoms with Gasteiger partial charge in [0.25, 0.3) is 11.8 Å². The number of alkyl halides is 2. The molecule has 0 spiro atoms. The predicted molar refractivity (Wildman–Crippen MR) is 99.5 cm³/mol. The molecule has 0 radical (unpaired) electrons. The molecule has 1 aromatic heterocycles. The Kier molecular flexibility index (Phi) is 5.20. The minimum absolute atomic E-state index is 0.0916. The first-order valence-electron chi connectivity index (χ1n) is 9.36. The van der Waals surface area contributed by atoms with Crippen molar-refractivity contribution in [1.29, 1.82) is 0 Å². The van der Waals surface area contributed by atoms with Crippen molar-refractivity contribution in [3.63, 3.8) is 0 Å². The van der Waals surface area contributed by atoms with Crippen LogP contribution in [0.25, 0.3) is 0 Å². The lowest BCUT2D eigenvalue weighted by Crippen LogP contribution is -2.56. The van der Waals surface area contributed by atoms with Crippen molar-refractivity contribution in [3.05, 3.63) is 18.0 Å². The Labute approximate surface area is 162 Å². The fourth-order valence-corrected chi connectivity index (χ4v) is 2.75. The number of ether oxygens (including phenoxy) is 1. The highest BCUT2D eigenvalue weighted by Gasteiger charge is 2.45. The number of halogens is 2. The van der Waals surface area contributed by atoms with Crippen molar-refractivity contribution in [2.24, 2.45) is 17.1 Å². The normalized spacial score (nSPS) is 19.5. The number of rotatable bonds is 8. The van der Waals surface area contributed by atoms with Crippen molar-refractivity contribution in [1.82, 2.24) is 10.3 Å². The first-order chi connectivity index (χ1) is 13.0. The molecule has 9 heteroatoms.